The predicted octanol–water partition coefficient (Wildman–Crippen LogP) is -0.340. The first-order valence-corrected chi connectivity index (χ1v) is 2.55. The Bertz CT molecular complexity index is 103. The normalized spacial score (nSPS) is 27.2. The maximum absolute atomic E-state index is 8.50. The smallest absolute Gasteiger partial charge is 0.115 e. The summed E-state index contributed by atoms with van der Waals surface area (Å²) in [4.78, 5) is 0. The summed E-state index contributed by atoms with van der Waals surface area (Å²) in [6.45, 7) is 0.852. The van der Waals surface area contributed by atoms with Crippen molar-refractivity contribution in [3.63, 3.8) is 0 Å². The van der Waals surface area contributed by atoms with Crippen molar-refractivity contribution in [3.05, 3.63) is 0 Å². The number of rotatable bonds is 1. The van der Waals surface area contributed by atoms with Crippen molar-refractivity contribution in [1.82, 2.24) is 5.01 Å². The van der Waals surface area contributed by atoms with Gasteiger partial charge in [-0.15, -0.1) is 0 Å². The van der Waals surface area contributed by atoms with Crippen molar-refractivity contribution < 1.29 is 5.11 Å². The van der Waals surface area contributed by atoms with Crippen LogP contribution in [0.15, 0.2) is 10.3 Å². The number of hydrogen-bond donors (Lipinski definition) is 1. The third-order valence-corrected chi connectivity index (χ3v) is 1.05. The molecule has 8 heavy (non-hydrogen) atoms. The quantitative estimate of drug-likeness (QED) is 0.508. The van der Waals surface area contributed by atoms with Crippen LogP contribution in [0, 0.1) is 0 Å². The van der Waals surface area contributed by atoms with Gasteiger partial charge in [0.15, 0.2) is 0 Å². The van der Waals surface area contributed by atoms with E-state index in [4.69, 9.17) is 5.11 Å². The first kappa shape index (κ1) is 5.50. The largest absolute Gasteiger partial charge is 0.394 e. The van der Waals surface area contributed by atoms with Crippen molar-refractivity contribution in [2.45, 2.75) is 6.04 Å². The molecular formula is C4H9N3O. The third-order valence-electron chi connectivity index (χ3n) is 1.05. The van der Waals surface area contributed by atoms with Crippen LogP contribution in [0.5, 0.6) is 0 Å². The topological polar surface area (TPSA) is 48.2 Å². The Morgan fingerprint density at radius 2 is 2.62 bits per heavy atom. The van der Waals surface area contributed by atoms with Gasteiger partial charge in [0, 0.05) is 7.05 Å². The number of aliphatic hydroxyl groups is 1. The van der Waals surface area contributed by atoms with E-state index in [0.717, 1.165) is 6.54 Å². The summed E-state index contributed by atoms with van der Waals surface area (Å²) in [5, 5.41) is 17.6. The van der Waals surface area contributed by atoms with Crippen LogP contribution >= 0.6 is 0 Å². The second kappa shape index (κ2) is 2.09. The molecule has 0 saturated carbocycles. The minimum absolute atomic E-state index is 0.0139. The zero-order valence-corrected chi connectivity index (χ0v) is 4.78. The minimum atomic E-state index is 0.0139. The molecule has 1 rings (SSSR count). The highest BCUT2D eigenvalue weighted by Gasteiger charge is 2.13. The van der Waals surface area contributed by atoms with Crippen molar-refractivity contribution >= 4 is 0 Å². The molecule has 46 valence electrons. The van der Waals surface area contributed by atoms with Crippen molar-refractivity contribution in [2.24, 2.45) is 10.3 Å². The lowest BCUT2D eigenvalue weighted by molar-refractivity contribution is 0.256. The monoisotopic (exact) mass is 115 g/mol. The predicted molar refractivity (Wildman–Crippen MR) is 28.4 cm³/mol. The van der Waals surface area contributed by atoms with Crippen molar-refractivity contribution in [1.29, 1.82) is 0 Å². The second-order valence-corrected chi connectivity index (χ2v) is 1.88. The Kier molecular flexibility index (Phi) is 1.43. The van der Waals surface area contributed by atoms with Crippen LogP contribution in [-0.4, -0.2) is 36.4 Å². The Balaban J connectivity index is 2.34. The molecule has 0 bridgehead atoms. The van der Waals surface area contributed by atoms with Gasteiger partial charge >= 0.3 is 0 Å². The average Bonchev–Trinajstić information content (AvgIpc) is 2.14. The summed E-state index contributed by atoms with van der Waals surface area (Å²) in [5.74, 6) is 0. The number of likely N-dealkylation sites (N-methyl/N-ethyl adjacent to an activating group) is 1. The molecule has 1 unspecified atom stereocenters. The summed E-state index contributed by atoms with van der Waals surface area (Å²) in [6.07, 6.45) is 0. The van der Waals surface area contributed by atoms with E-state index in [1.807, 2.05) is 7.05 Å². The lowest BCUT2D eigenvalue weighted by atomic mass is 10.3. The van der Waals surface area contributed by atoms with Gasteiger partial charge < -0.3 is 5.11 Å². The lowest BCUT2D eigenvalue weighted by Crippen LogP contribution is -2.19. The zero-order valence-electron chi connectivity index (χ0n) is 4.78. The van der Waals surface area contributed by atoms with E-state index in [1.165, 1.54) is 0 Å². The van der Waals surface area contributed by atoms with Gasteiger partial charge in [-0.3, -0.25) is 5.01 Å². The van der Waals surface area contributed by atoms with Crippen LogP contribution in [-0.2, 0) is 0 Å². The number of nitrogens with zero attached hydrogens (tertiary/aromatic N) is 3. The van der Waals surface area contributed by atoms with Gasteiger partial charge in [0.1, 0.15) is 6.04 Å². The number of hydrogen-bond acceptors (Lipinski definition) is 4. The Hall–Kier alpha value is -0.640. The maximum Gasteiger partial charge on any atom is 0.115 e. The van der Waals surface area contributed by atoms with Gasteiger partial charge in [0.05, 0.1) is 13.2 Å². The molecule has 0 radical (unpaired) electrons. The molecule has 1 aliphatic rings. The van der Waals surface area contributed by atoms with Gasteiger partial charge in [-0.25, -0.2) is 0 Å². The van der Waals surface area contributed by atoms with E-state index >= 15 is 0 Å². The summed E-state index contributed by atoms with van der Waals surface area (Å²) in [6, 6.07) is 0.0139. The van der Waals surface area contributed by atoms with Crippen molar-refractivity contribution in [2.75, 3.05) is 20.2 Å². The van der Waals surface area contributed by atoms with E-state index in [1.54, 1.807) is 5.01 Å². The van der Waals surface area contributed by atoms with Gasteiger partial charge in [0.25, 0.3) is 0 Å². The molecule has 1 atom stereocenters. The molecule has 0 aromatic heterocycles. The van der Waals surface area contributed by atoms with Crippen LogP contribution in [0.4, 0.5) is 0 Å². The highest BCUT2D eigenvalue weighted by Crippen LogP contribution is 2.03. The zero-order chi connectivity index (χ0) is 5.98. The molecule has 0 amide bonds. The molecule has 0 saturated heterocycles. The Morgan fingerprint density at radius 1 is 1.88 bits per heavy atom. The van der Waals surface area contributed by atoms with E-state index in [0.29, 0.717) is 0 Å². The first-order chi connectivity index (χ1) is 3.83. The highest BCUT2D eigenvalue weighted by molar-refractivity contribution is 4.69. The molecule has 1 heterocycles. The Labute approximate surface area is 47.8 Å². The van der Waals surface area contributed by atoms with Crippen LogP contribution in [0.1, 0.15) is 0 Å². The fraction of sp³-hybridized carbons (Fsp3) is 1.00. The third kappa shape index (κ3) is 0.949. The van der Waals surface area contributed by atoms with Crippen LogP contribution in [0.25, 0.3) is 0 Å². The van der Waals surface area contributed by atoms with Crippen LogP contribution < -0.4 is 0 Å². The maximum atomic E-state index is 8.50. The Morgan fingerprint density at radius 3 is 2.88 bits per heavy atom. The summed E-state index contributed by atoms with van der Waals surface area (Å²) in [5.41, 5.74) is 0. The molecule has 0 spiro atoms. The molecule has 1 N–H and O–H groups in total. The van der Waals surface area contributed by atoms with Gasteiger partial charge in [-0.1, -0.05) is 5.22 Å². The molecule has 4 heteroatoms. The van der Waals surface area contributed by atoms with Crippen LogP contribution in [0.3, 0.4) is 0 Å². The molecular weight excluding hydrogens is 106 g/mol. The molecule has 1 aliphatic heterocycles. The lowest BCUT2D eigenvalue weighted by Gasteiger charge is -2.02. The second-order valence-electron chi connectivity index (χ2n) is 1.88. The minimum Gasteiger partial charge on any atom is -0.394 e. The fourth-order valence-electron chi connectivity index (χ4n) is 0.633. The van der Waals surface area contributed by atoms with Gasteiger partial charge in [-0.05, 0) is 0 Å². The standard InChI is InChI=1S/C4H9N3O/c1-7-2-4(3-8)5-6-7/h4,8H,2-3H2,1H3. The molecule has 0 aromatic rings. The number of aliphatic hydroxyl groups excluding tert-OH is 1. The summed E-state index contributed by atoms with van der Waals surface area (Å²) < 4.78 is 0. The molecule has 0 aliphatic carbocycles. The molecule has 0 fully saturated rings. The molecule has 4 nitrogen and oxygen atoms in total. The first-order valence-electron chi connectivity index (χ1n) is 2.55. The van der Waals surface area contributed by atoms with E-state index in [9.17, 15) is 0 Å². The summed E-state index contributed by atoms with van der Waals surface area (Å²) >= 11 is 0. The van der Waals surface area contributed by atoms with E-state index in [2.05, 4.69) is 10.3 Å². The highest BCUT2D eigenvalue weighted by atomic mass is 16.3. The van der Waals surface area contributed by atoms with E-state index in [-0.39, 0.29) is 12.6 Å². The average molecular weight is 115 g/mol. The van der Waals surface area contributed by atoms with E-state index < -0.39 is 0 Å². The SMILES string of the molecule is CN1CC(CO)N=N1. The van der Waals surface area contributed by atoms with Crippen molar-refractivity contribution in [3.8, 4) is 0 Å². The van der Waals surface area contributed by atoms with Gasteiger partial charge in [-0.2, -0.15) is 5.11 Å². The fourth-order valence-corrected chi connectivity index (χ4v) is 0.633. The molecule has 0 aromatic carbocycles. The van der Waals surface area contributed by atoms with Crippen LogP contribution in [0.2, 0.25) is 0 Å². The van der Waals surface area contributed by atoms with Gasteiger partial charge in [0.2, 0.25) is 0 Å². The summed E-state index contributed by atoms with van der Waals surface area (Å²) in [7, 11) is 1.83.